The molecule has 4 aromatic rings. The molecule has 0 aliphatic rings. The van der Waals surface area contributed by atoms with Crippen molar-refractivity contribution in [2.75, 3.05) is 0 Å². The van der Waals surface area contributed by atoms with Gasteiger partial charge in [-0.2, -0.15) is 0 Å². The molecule has 0 radical (unpaired) electrons. The third-order valence-corrected chi connectivity index (χ3v) is 6.44. The van der Waals surface area contributed by atoms with Crippen molar-refractivity contribution >= 4 is 41.4 Å². The highest BCUT2D eigenvalue weighted by Gasteiger charge is 2.19. The molecule has 0 atom stereocenters. The number of benzene rings is 2. The van der Waals surface area contributed by atoms with Crippen LogP contribution in [-0.2, 0) is 11.3 Å². The number of aliphatic carboxylic acids is 1. The highest BCUT2D eigenvalue weighted by molar-refractivity contribution is 8.04. The van der Waals surface area contributed by atoms with Crippen LogP contribution in [0.4, 0.5) is 0 Å². The summed E-state index contributed by atoms with van der Waals surface area (Å²) in [6, 6.07) is 15.3. The summed E-state index contributed by atoms with van der Waals surface area (Å²) >= 11 is 6.95. The van der Waals surface area contributed by atoms with Crippen molar-refractivity contribution in [3.8, 4) is 22.7 Å². The molecule has 178 valence electrons. The van der Waals surface area contributed by atoms with E-state index in [0.29, 0.717) is 34.1 Å². The summed E-state index contributed by atoms with van der Waals surface area (Å²) < 4.78 is 7.68. The van der Waals surface area contributed by atoms with Gasteiger partial charge in [-0.25, -0.2) is 9.59 Å². The topological polar surface area (TPSA) is 118 Å². The Bertz CT molecular complexity index is 1440. The third kappa shape index (κ3) is 5.31. The van der Waals surface area contributed by atoms with Crippen molar-refractivity contribution in [3.05, 3.63) is 81.4 Å². The zero-order chi connectivity index (χ0) is 25.1. The van der Waals surface area contributed by atoms with Crippen LogP contribution in [0.1, 0.15) is 28.6 Å². The summed E-state index contributed by atoms with van der Waals surface area (Å²) in [6.07, 6.45) is 1.42. The minimum atomic E-state index is -1.13. The van der Waals surface area contributed by atoms with Crippen LogP contribution in [0.15, 0.2) is 69.1 Å². The largest absolute Gasteiger partial charge is 0.478 e. The van der Waals surface area contributed by atoms with Gasteiger partial charge < -0.3 is 19.2 Å². The van der Waals surface area contributed by atoms with E-state index in [-0.39, 0.29) is 10.5 Å². The summed E-state index contributed by atoms with van der Waals surface area (Å²) in [5, 5.41) is 28.4. The predicted octanol–water partition coefficient (Wildman–Crippen LogP) is 6.10. The average molecular weight is 510 g/mol. The molecule has 0 fully saturated rings. The number of thioether (sulfide) groups is 1. The fraction of sp³-hybridized carbons (Fsp3) is 0.120. The quantitative estimate of drug-likeness (QED) is 0.216. The lowest BCUT2D eigenvalue weighted by atomic mass is 10.0. The number of aryl methyl sites for hydroxylation is 1. The Kier molecular flexibility index (Phi) is 7.09. The van der Waals surface area contributed by atoms with E-state index in [0.717, 1.165) is 28.5 Å². The van der Waals surface area contributed by atoms with Crippen molar-refractivity contribution in [2.45, 2.75) is 25.5 Å². The van der Waals surface area contributed by atoms with Crippen molar-refractivity contribution in [2.24, 2.45) is 0 Å². The Labute approximate surface area is 209 Å². The number of carbonyl (C=O) groups is 2. The van der Waals surface area contributed by atoms with Gasteiger partial charge in [-0.05, 0) is 79.7 Å². The zero-order valence-corrected chi connectivity index (χ0v) is 20.3. The number of carboxylic acids is 2. The molecule has 0 spiro atoms. The summed E-state index contributed by atoms with van der Waals surface area (Å²) in [4.78, 5) is 23.2. The van der Waals surface area contributed by atoms with Crippen LogP contribution in [0, 0.1) is 6.92 Å². The number of aromatic nitrogens is 3. The molecule has 0 aliphatic heterocycles. The maximum Gasteiger partial charge on any atom is 0.342 e. The molecule has 0 saturated carbocycles. The van der Waals surface area contributed by atoms with Crippen molar-refractivity contribution in [1.82, 2.24) is 14.8 Å². The van der Waals surface area contributed by atoms with Gasteiger partial charge in [0.15, 0.2) is 11.0 Å². The van der Waals surface area contributed by atoms with Crippen LogP contribution >= 0.6 is 23.4 Å². The van der Waals surface area contributed by atoms with Gasteiger partial charge in [0.2, 0.25) is 0 Å². The second-order valence-electron chi connectivity index (χ2n) is 7.51. The number of rotatable bonds is 8. The van der Waals surface area contributed by atoms with Gasteiger partial charge in [-0.1, -0.05) is 17.7 Å². The first-order chi connectivity index (χ1) is 16.8. The smallest absolute Gasteiger partial charge is 0.342 e. The summed E-state index contributed by atoms with van der Waals surface area (Å²) in [7, 11) is 0. The lowest BCUT2D eigenvalue weighted by Crippen LogP contribution is -2.02. The molecule has 8 nitrogen and oxygen atoms in total. The maximum absolute atomic E-state index is 12.0. The van der Waals surface area contributed by atoms with Gasteiger partial charge in [-0.3, -0.25) is 0 Å². The Morgan fingerprint density at radius 2 is 1.83 bits per heavy atom. The van der Waals surface area contributed by atoms with E-state index in [1.165, 1.54) is 12.1 Å². The molecular formula is C25H20ClN3O5S. The molecule has 0 unspecified atom stereocenters. The number of furan rings is 1. The van der Waals surface area contributed by atoms with Gasteiger partial charge in [0.25, 0.3) is 0 Å². The lowest BCUT2D eigenvalue weighted by molar-refractivity contribution is -0.131. The number of carboxylic acid groups (broad SMARTS) is 2. The Morgan fingerprint density at radius 3 is 2.46 bits per heavy atom. The van der Waals surface area contributed by atoms with Crippen molar-refractivity contribution in [1.29, 1.82) is 0 Å². The normalized spacial score (nSPS) is 11.6. The number of nitrogens with zero attached hydrogens (tertiary/aromatic N) is 3. The highest BCUT2D eigenvalue weighted by Crippen LogP contribution is 2.32. The van der Waals surface area contributed by atoms with E-state index in [1.54, 1.807) is 43.3 Å². The lowest BCUT2D eigenvalue weighted by Gasteiger charge is -2.07. The van der Waals surface area contributed by atoms with E-state index >= 15 is 0 Å². The molecule has 4 rings (SSSR count). The first kappa shape index (κ1) is 24.3. The van der Waals surface area contributed by atoms with E-state index in [1.807, 2.05) is 23.6 Å². The summed E-state index contributed by atoms with van der Waals surface area (Å²) in [6.45, 7) is 4.25. The van der Waals surface area contributed by atoms with Crippen molar-refractivity contribution < 1.29 is 24.2 Å². The van der Waals surface area contributed by atoms with Gasteiger partial charge in [-0.15, -0.1) is 10.2 Å². The molecule has 2 aromatic heterocycles. The average Bonchev–Trinajstić information content (AvgIpc) is 3.45. The fourth-order valence-electron chi connectivity index (χ4n) is 3.47. The van der Waals surface area contributed by atoms with Gasteiger partial charge in [0, 0.05) is 28.8 Å². The van der Waals surface area contributed by atoms with Crippen LogP contribution < -0.4 is 0 Å². The highest BCUT2D eigenvalue weighted by atomic mass is 35.5. The van der Waals surface area contributed by atoms with Gasteiger partial charge in [0.1, 0.15) is 16.4 Å². The Hall–Kier alpha value is -3.82. The monoisotopic (exact) mass is 509 g/mol. The molecule has 2 N–H and O–H groups in total. The molecule has 10 heteroatoms. The van der Waals surface area contributed by atoms with Gasteiger partial charge in [0.05, 0.1) is 5.56 Å². The van der Waals surface area contributed by atoms with Crippen LogP contribution in [0.3, 0.4) is 0 Å². The minimum absolute atomic E-state index is 0.00797. The first-order valence-electron chi connectivity index (χ1n) is 10.5. The number of hydrogen-bond acceptors (Lipinski definition) is 6. The van der Waals surface area contributed by atoms with Gasteiger partial charge >= 0.3 is 11.9 Å². The van der Waals surface area contributed by atoms with Crippen LogP contribution in [-0.4, -0.2) is 36.9 Å². The molecule has 0 amide bonds. The standard InChI is InChI=1S/C25H20ClN3O5S/c1-3-29-22(15-4-7-17(26)8-5-15)27-28-25(29)35-21(24(32)33)13-18-9-11-20(34-18)19-10-6-16(23(30)31)12-14(19)2/h4-13H,3H2,1-2H3,(H,30,31)(H,32,33)/b21-13-. The summed E-state index contributed by atoms with van der Waals surface area (Å²) in [5.41, 5.74) is 2.45. The number of aromatic carboxylic acids is 1. The molecule has 2 aromatic carbocycles. The number of hydrogen-bond donors (Lipinski definition) is 2. The van der Waals surface area contributed by atoms with Crippen LogP contribution in [0.2, 0.25) is 5.02 Å². The SMILES string of the molecule is CCn1c(S/C(=C\c2ccc(-c3ccc(C(=O)O)cc3C)o2)C(=O)O)nnc1-c1ccc(Cl)cc1. The number of halogens is 1. The molecule has 0 bridgehead atoms. The molecular weight excluding hydrogens is 490 g/mol. The summed E-state index contributed by atoms with van der Waals surface area (Å²) in [5.74, 6) is -0.690. The van der Waals surface area contributed by atoms with Crippen LogP contribution in [0.25, 0.3) is 28.8 Å². The first-order valence-corrected chi connectivity index (χ1v) is 11.7. The molecule has 35 heavy (non-hydrogen) atoms. The second-order valence-corrected chi connectivity index (χ2v) is 8.96. The molecule has 0 saturated heterocycles. The van der Waals surface area contributed by atoms with E-state index in [4.69, 9.17) is 21.1 Å². The maximum atomic E-state index is 12.0. The molecule has 0 aliphatic carbocycles. The van der Waals surface area contributed by atoms with E-state index in [2.05, 4.69) is 10.2 Å². The second kappa shape index (κ2) is 10.2. The predicted molar refractivity (Wildman–Crippen MR) is 133 cm³/mol. The van der Waals surface area contributed by atoms with Crippen molar-refractivity contribution in [3.63, 3.8) is 0 Å². The Balaban J connectivity index is 1.62. The fourth-order valence-corrected chi connectivity index (χ4v) is 4.46. The third-order valence-electron chi connectivity index (χ3n) is 5.19. The minimum Gasteiger partial charge on any atom is -0.478 e. The molecule has 2 heterocycles. The van der Waals surface area contributed by atoms with Crippen LogP contribution in [0.5, 0.6) is 0 Å². The van der Waals surface area contributed by atoms with E-state index < -0.39 is 11.9 Å². The Morgan fingerprint density at radius 1 is 1.09 bits per heavy atom. The zero-order valence-electron chi connectivity index (χ0n) is 18.7. The van der Waals surface area contributed by atoms with E-state index in [9.17, 15) is 14.7 Å².